The molecule has 0 aromatic heterocycles. The van der Waals surface area contributed by atoms with Gasteiger partial charge in [0.15, 0.2) is 0 Å². The van der Waals surface area contributed by atoms with Crippen molar-refractivity contribution >= 4 is 12.1 Å². The number of primary amides is 1. The van der Waals surface area contributed by atoms with Crippen LogP contribution in [0.3, 0.4) is 0 Å². The predicted octanol–water partition coefficient (Wildman–Crippen LogP) is 1.66. The van der Waals surface area contributed by atoms with Crippen LogP contribution in [-0.4, -0.2) is 12.1 Å². The van der Waals surface area contributed by atoms with Crippen LogP contribution in [0.25, 0.3) is 0 Å². The van der Waals surface area contributed by atoms with Gasteiger partial charge in [0.25, 0.3) is 0 Å². The molecule has 0 spiro atoms. The summed E-state index contributed by atoms with van der Waals surface area (Å²) >= 11 is 0. The third-order valence-corrected chi connectivity index (χ3v) is 0.600. The second kappa shape index (κ2) is 12.3. The Morgan fingerprint density at radius 3 is 2.17 bits per heavy atom. The maximum atomic E-state index is 9.22. The summed E-state index contributed by atoms with van der Waals surface area (Å²) in [4.78, 5) is 13.1. The van der Waals surface area contributed by atoms with E-state index in [4.69, 9.17) is 0 Å². The molecule has 0 bridgehead atoms. The van der Waals surface area contributed by atoms with Crippen LogP contribution in [0.2, 0.25) is 0 Å². The van der Waals surface area contributed by atoms with Gasteiger partial charge in [-0.25, -0.2) is 0 Å². The number of nitrogens with zero attached hydrogens (tertiary/aromatic N) is 1. The molecule has 12 heavy (non-hydrogen) atoms. The Balaban J connectivity index is 0. The van der Waals surface area contributed by atoms with Crippen molar-refractivity contribution in [1.29, 1.82) is 0 Å². The Labute approximate surface area is 73.7 Å². The summed E-state index contributed by atoms with van der Waals surface area (Å²) in [5.41, 5.74) is 4.47. The zero-order chi connectivity index (χ0) is 9.82. The van der Waals surface area contributed by atoms with Crippen LogP contribution in [0.15, 0.2) is 29.4 Å². The standard InChI is InChI=1S/C7H11N.C2H5NO/c1-3-5-7-8-6-4-2;1-2(3)4/h3-7H,1-2H3;1H3,(H2,3,4)/b5-3-,6-4-,8-7-;. The zero-order valence-electron chi connectivity index (χ0n) is 7.82. The molecule has 0 radical (unpaired) electrons. The number of hydrogen-bond acceptors (Lipinski definition) is 2. The number of allylic oxidation sites excluding steroid dienone is 3. The van der Waals surface area contributed by atoms with Crippen LogP contribution in [0.1, 0.15) is 20.8 Å². The molecule has 0 fully saturated rings. The molecule has 0 aromatic carbocycles. The lowest BCUT2D eigenvalue weighted by molar-refractivity contribution is -0.115. The second-order valence-electron chi connectivity index (χ2n) is 1.92. The quantitative estimate of drug-likeness (QED) is 0.626. The van der Waals surface area contributed by atoms with Crippen molar-refractivity contribution in [1.82, 2.24) is 0 Å². The van der Waals surface area contributed by atoms with Crippen LogP contribution in [0.5, 0.6) is 0 Å². The molecule has 0 aliphatic rings. The molecular formula is C9H16N2O. The number of amides is 1. The van der Waals surface area contributed by atoms with Gasteiger partial charge in [-0.3, -0.25) is 9.79 Å². The number of hydrogen-bond donors (Lipinski definition) is 1. The SMILES string of the molecule is CC(N)=O.C\C=C/C=N\C=C/C. The first-order chi connectivity index (χ1) is 5.65. The summed E-state index contributed by atoms with van der Waals surface area (Å²) in [6, 6.07) is 0. The molecule has 68 valence electrons. The van der Waals surface area contributed by atoms with Crippen molar-refractivity contribution in [2.45, 2.75) is 20.8 Å². The van der Waals surface area contributed by atoms with Gasteiger partial charge in [-0.15, -0.1) is 0 Å². The average molecular weight is 168 g/mol. The molecule has 0 saturated heterocycles. The van der Waals surface area contributed by atoms with Gasteiger partial charge in [0, 0.05) is 19.3 Å². The van der Waals surface area contributed by atoms with E-state index in [9.17, 15) is 4.79 Å². The summed E-state index contributed by atoms with van der Waals surface area (Å²) in [5.74, 6) is -0.333. The number of rotatable bonds is 2. The molecule has 0 atom stereocenters. The molecule has 0 aliphatic heterocycles. The summed E-state index contributed by atoms with van der Waals surface area (Å²) in [5, 5.41) is 0. The lowest BCUT2D eigenvalue weighted by Crippen LogP contribution is -2.01. The van der Waals surface area contributed by atoms with Crippen molar-refractivity contribution in [3.8, 4) is 0 Å². The van der Waals surface area contributed by atoms with Crippen molar-refractivity contribution < 1.29 is 4.79 Å². The number of nitrogens with two attached hydrogens (primary N) is 1. The Hall–Kier alpha value is -1.38. The van der Waals surface area contributed by atoms with Gasteiger partial charge in [0.2, 0.25) is 5.91 Å². The summed E-state index contributed by atoms with van der Waals surface area (Å²) < 4.78 is 0. The molecular weight excluding hydrogens is 152 g/mol. The Morgan fingerprint density at radius 1 is 1.33 bits per heavy atom. The highest BCUT2D eigenvalue weighted by Gasteiger charge is 1.61. The highest BCUT2D eigenvalue weighted by atomic mass is 16.1. The van der Waals surface area contributed by atoms with Crippen molar-refractivity contribution in [3.05, 3.63) is 24.4 Å². The highest BCUT2D eigenvalue weighted by molar-refractivity contribution is 5.71. The number of carbonyl (C=O) groups excluding carboxylic acids is 1. The monoisotopic (exact) mass is 168 g/mol. The molecule has 1 amide bonds. The normalized spacial score (nSPS) is 10.6. The molecule has 0 aromatic rings. The minimum absolute atomic E-state index is 0.333. The molecule has 2 N–H and O–H groups in total. The van der Waals surface area contributed by atoms with E-state index < -0.39 is 0 Å². The first kappa shape index (κ1) is 13.2. The molecule has 0 rings (SSSR count). The first-order valence-electron chi connectivity index (χ1n) is 3.66. The lowest BCUT2D eigenvalue weighted by atomic mass is 10.6. The van der Waals surface area contributed by atoms with E-state index in [0.717, 1.165) is 0 Å². The van der Waals surface area contributed by atoms with Gasteiger partial charge in [-0.05, 0) is 19.9 Å². The minimum atomic E-state index is -0.333. The molecule has 3 heteroatoms. The largest absolute Gasteiger partial charge is 0.370 e. The van der Waals surface area contributed by atoms with Crippen LogP contribution < -0.4 is 5.73 Å². The second-order valence-corrected chi connectivity index (χ2v) is 1.92. The molecule has 0 unspecified atom stereocenters. The van der Waals surface area contributed by atoms with Crippen molar-refractivity contribution in [2.75, 3.05) is 0 Å². The maximum Gasteiger partial charge on any atom is 0.214 e. The highest BCUT2D eigenvalue weighted by Crippen LogP contribution is 1.71. The molecule has 0 aliphatic carbocycles. The third kappa shape index (κ3) is 38.2. The fraction of sp³-hybridized carbons (Fsp3) is 0.333. The predicted molar refractivity (Wildman–Crippen MR) is 53.0 cm³/mol. The summed E-state index contributed by atoms with van der Waals surface area (Å²) in [7, 11) is 0. The Bertz CT molecular complexity index is 163. The Morgan fingerprint density at radius 2 is 1.83 bits per heavy atom. The average Bonchev–Trinajstić information content (AvgIpc) is 1.97. The number of carbonyl (C=O) groups is 1. The van der Waals surface area contributed by atoms with Gasteiger partial charge in [0.05, 0.1) is 0 Å². The van der Waals surface area contributed by atoms with Crippen LogP contribution >= 0.6 is 0 Å². The van der Waals surface area contributed by atoms with Gasteiger partial charge in [-0.2, -0.15) is 0 Å². The van der Waals surface area contributed by atoms with Crippen molar-refractivity contribution in [3.63, 3.8) is 0 Å². The maximum absolute atomic E-state index is 9.22. The first-order valence-corrected chi connectivity index (χ1v) is 3.66. The van der Waals surface area contributed by atoms with Gasteiger partial charge < -0.3 is 5.73 Å². The molecule has 3 nitrogen and oxygen atoms in total. The zero-order valence-corrected chi connectivity index (χ0v) is 7.82. The smallest absolute Gasteiger partial charge is 0.214 e. The lowest BCUT2D eigenvalue weighted by Gasteiger charge is -1.69. The van der Waals surface area contributed by atoms with Crippen LogP contribution in [0.4, 0.5) is 0 Å². The number of aliphatic imine (C=N–C) groups is 1. The minimum Gasteiger partial charge on any atom is -0.370 e. The van der Waals surface area contributed by atoms with E-state index in [-0.39, 0.29) is 5.91 Å². The fourth-order valence-corrected chi connectivity index (χ4v) is 0.272. The summed E-state index contributed by atoms with van der Waals surface area (Å²) in [6.45, 7) is 5.20. The van der Waals surface area contributed by atoms with E-state index in [2.05, 4.69) is 10.7 Å². The van der Waals surface area contributed by atoms with Gasteiger partial charge in [-0.1, -0.05) is 12.2 Å². The third-order valence-electron chi connectivity index (χ3n) is 0.600. The van der Waals surface area contributed by atoms with E-state index in [0.29, 0.717) is 0 Å². The van der Waals surface area contributed by atoms with Crippen LogP contribution in [0, 0.1) is 0 Å². The van der Waals surface area contributed by atoms with E-state index in [1.54, 1.807) is 12.4 Å². The molecule has 0 saturated carbocycles. The fourth-order valence-electron chi connectivity index (χ4n) is 0.272. The van der Waals surface area contributed by atoms with Gasteiger partial charge >= 0.3 is 0 Å². The van der Waals surface area contributed by atoms with E-state index in [1.165, 1.54) is 6.92 Å². The molecule has 0 heterocycles. The van der Waals surface area contributed by atoms with E-state index >= 15 is 0 Å². The van der Waals surface area contributed by atoms with Crippen LogP contribution in [-0.2, 0) is 4.79 Å². The van der Waals surface area contributed by atoms with E-state index in [1.807, 2.05) is 32.1 Å². The topological polar surface area (TPSA) is 55.5 Å². The van der Waals surface area contributed by atoms with Gasteiger partial charge in [0.1, 0.15) is 0 Å². The van der Waals surface area contributed by atoms with Crippen molar-refractivity contribution in [2.24, 2.45) is 10.7 Å². The Kier molecular flexibility index (Phi) is 13.6. The summed E-state index contributed by atoms with van der Waals surface area (Å²) in [6.07, 6.45) is 9.22.